The number of furan rings is 1. The monoisotopic (exact) mass is 328 g/mol. The molecule has 24 heavy (non-hydrogen) atoms. The molecule has 122 valence electrons. The molecule has 0 spiro atoms. The van der Waals surface area contributed by atoms with Gasteiger partial charge in [-0.15, -0.1) is 0 Å². The van der Waals surface area contributed by atoms with Gasteiger partial charge in [0.1, 0.15) is 11.3 Å². The summed E-state index contributed by atoms with van der Waals surface area (Å²) in [6, 6.07) is 1.57. The molecule has 0 saturated carbocycles. The zero-order valence-corrected chi connectivity index (χ0v) is 13.0. The van der Waals surface area contributed by atoms with Crippen LogP contribution in [0.5, 0.6) is 0 Å². The maximum atomic E-state index is 12.9. The van der Waals surface area contributed by atoms with Crippen molar-refractivity contribution in [2.24, 2.45) is 7.05 Å². The van der Waals surface area contributed by atoms with Crippen molar-refractivity contribution in [2.45, 2.75) is 6.92 Å². The first kappa shape index (κ1) is 15.6. The summed E-state index contributed by atoms with van der Waals surface area (Å²) in [6.45, 7) is 4.98. The van der Waals surface area contributed by atoms with Crippen molar-refractivity contribution in [1.82, 2.24) is 19.5 Å². The van der Waals surface area contributed by atoms with Crippen LogP contribution in [-0.4, -0.2) is 19.5 Å². The number of nitrogens with zero attached hydrogens (tertiary/aromatic N) is 3. The number of nitrogens with one attached hydrogen (secondary N) is 1. The van der Waals surface area contributed by atoms with Gasteiger partial charge in [-0.05, 0) is 19.1 Å². The van der Waals surface area contributed by atoms with E-state index in [1.54, 1.807) is 6.07 Å². The van der Waals surface area contributed by atoms with E-state index in [1.165, 1.54) is 36.8 Å². The first-order valence-corrected chi connectivity index (χ1v) is 6.98. The number of halogens is 1. The summed E-state index contributed by atoms with van der Waals surface area (Å²) in [5.74, 6) is 0.00298. The minimum absolute atomic E-state index is 0.0283. The van der Waals surface area contributed by atoms with E-state index >= 15 is 0 Å². The standard InChI is InChI=1S/C16H13FN4O3/c1-4-9(6-5-8(2)17)11-7-10-15(24-11)19-13-12(18-10)14(22)20-16(23)21(13)3/h4-7H,1H2,2-3H3,(H,20,22,23)/b8-5+,9-6+. The molecule has 0 saturated heterocycles. The predicted molar refractivity (Wildman–Crippen MR) is 88.2 cm³/mol. The second kappa shape index (κ2) is 5.73. The van der Waals surface area contributed by atoms with E-state index in [1.807, 2.05) is 0 Å². The fraction of sp³-hybridized carbons (Fsp3) is 0.125. The third-order valence-corrected chi connectivity index (χ3v) is 3.40. The third-order valence-electron chi connectivity index (χ3n) is 3.40. The van der Waals surface area contributed by atoms with Gasteiger partial charge in [0.25, 0.3) is 5.56 Å². The highest BCUT2D eigenvalue weighted by molar-refractivity contribution is 5.84. The van der Waals surface area contributed by atoms with Gasteiger partial charge in [0.15, 0.2) is 11.2 Å². The summed E-state index contributed by atoms with van der Waals surface area (Å²) in [5, 5.41) is 0. The van der Waals surface area contributed by atoms with E-state index in [9.17, 15) is 14.0 Å². The molecule has 7 nitrogen and oxygen atoms in total. The number of hydrogen-bond donors (Lipinski definition) is 1. The fourth-order valence-electron chi connectivity index (χ4n) is 2.17. The van der Waals surface area contributed by atoms with E-state index in [4.69, 9.17) is 4.42 Å². The normalized spacial score (nSPS) is 13.0. The van der Waals surface area contributed by atoms with Crippen molar-refractivity contribution in [3.05, 3.63) is 63.3 Å². The minimum atomic E-state index is -0.624. The molecule has 0 fully saturated rings. The van der Waals surface area contributed by atoms with Gasteiger partial charge >= 0.3 is 5.69 Å². The van der Waals surface area contributed by atoms with Crippen molar-refractivity contribution < 1.29 is 8.81 Å². The lowest BCUT2D eigenvalue weighted by Gasteiger charge is -2.00. The van der Waals surface area contributed by atoms with Crippen molar-refractivity contribution >= 4 is 28.0 Å². The Balaban J connectivity index is 2.29. The second-order valence-corrected chi connectivity index (χ2v) is 5.09. The van der Waals surface area contributed by atoms with Gasteiger partial charge in [0.2, 0.25) is 5.71 Å². The molecule has 8 heteroatoms. The second-order valence-electron chi connectivity index (χ2n) is 5.09. The molecule has 0 aliphatic carbocycles. The highest BCUT2D eigenvalue weighted by Gasteiger charge is 2.14. The Hall–Kier alpha value is -3.29. The Labute approximate surface area is 134 Å². The molecular weight excluding hydrogens is 315 g/mol. The van der Waals surface area contributed by atoms with Crippen molar-refractivity contribution in [3.63, 3.8) is 0 Å². The lowest BCUT2D eigenvalue weighted by molar-refractivity contribution is 0.588. The van der Waals surface area contributed by atoms with Crippen LogP contribution in [-0.2, 0) is 7.05 Å². The Morgan fingerprint density at radius 2 is 2.12 bits per heavy atom. The maximum Gasteiger partial charge on any atom is 0.329 e. The van der Waals surface area contributed by atoms with Gasteiger partial charge in [0, 0.05) is 18.7 Å². The van der Waals surface area contributed by atoms with Gasteiger partial charge in [-0.25, -0.2) is 14.2 Å². The number of allylic oxidation sites excluding steroid dienone is 5. The van der Waals surface area contributed by atoms with Crippen LogP contribution in [0, 0.1) is 0 Å². The first-order chi connectivity index (χ1) is 11.4. The summed E-state index contributed by atoms with van der Waals surface area (Å²) >= 11 is 0. The number of aryl methyl sites for hydroxylation is 1. The number of fused-ring (bicyclic) bond motifs is 2. The lowest BCUT2D eigenvalue weighted by atomic mass is 10.2. The summed E-state index contributed by atoms with van der Waals surface area (Å²) in [6.07, 6.45) is 4.28. The van der Waals surface area contributed by atoms with Crippen LogP contribution in [0.2, 0.25) is 0 Å². The highest BCUT2D eigenvalue weighted by Crippen LogP contribution is 2.24. The lowest BCUT2D eigenvalue weighted by Crippen LogP contribution is -2.29. The topological polar surface area (TPSA) is 93.8 Å². The molecule has 0 aromatic carbocycles. The molecule has 0 radical (unpaired) electrons. The summed E-state index contributed by atoms with van der Waals surface area (Å²) in [7, 11) is 1.47. The van der Waals surface area contributed by atoms with E-state index in [-0.39, 0.29) is 22.7 Å². The van der Waals surface area contributed by atoms with Crippen LogP contribution < -0.4 is 11.2 Å². The predicted octanol–water partition coefficient (Wildman–Crippen LogP) is 2.21. The Kier molecular flexibility index (Phi) is 3.72. The quantitative estimate of drug-likeness (QED) is 0.744. The van der Waals surface area contributed by atoms with Crippen LogP contribution in [0.1, 0.15) is 12.7 Å². The first-order valence-electron chi connectivity index (χ1n) is 6.98. The van der Waals surface area contributed by atoms with E-state index in [0.29, 0.717) is 16.9 Å². The summed E-state index contributed by atoms with van der Waals surface area (Å²) in [5.41, 5.74) is -0.0500. The molecule has 3 aromatic rings. The molecule has 0 atom stereocenters. The van der Waals surface area contributed by atoms with Gasteiger partial charge in [0.05, 0.1) is 5.83 Å². The zero-order chi connectivity index (χ0) is 17.4. The summed E-state index contributed by atoms with van der Waals surface area (Å²) < 4.78 is 19.7. The number of hydrogen-bond acceptors (Lipinski definition) is 5. The van der Waals surface area contributed by atoms with Gasteiger partial charge < -0.3 is 4.42 Å². The number of aromatic amines is 1. The van der Waals surface area contributed by atoms with Crippen molar-refractivity contribution in [3.8, 4) is 0 Å². The Morgan fingerprint density at radius 1 is 1.38 bits per heavy atom. The van der Waals surface area contributed by atoms with Gasteiger partial charge in [-0.3, -0.25) is 14.3 Å². The van der Waals surface area contributed by atoms with Crippen LogP contribution in [0.4, 0.5) is 4.39 Å². The molecule has 0 aliphatic rings. The molecule has 0 bridgehead atoms. The Bertz CT molecular complexity index is 1140. The van der Waals surface area contributed by atoms with Crippen LogP contribution in [0.25, 0.3) is 28.0 Å². The molecular formula is C16H13FN4O3. The zero-order valence-electron chi connectivity index (χ0n) is 13.0. The maximum absolute atomic E-state index is 12.9. The molecule has 3 rings (SSSR count). The number of rotatable bonds is 3. The SMILES string of the molecule is C=C/C(=C\C=C(/C)F)c1cc2nc3c(=O)[nH]c(=O)n(C)c3nc2o1. The highest BCUT2D eigenvalue weighted by atomic mass is 19.1. The molecule has 3 heterocycles. The van der Waals surface area contributed by atoms with Gasteiger partial charge in [-0.2, -0.15) is 4.98 Å². The van der Waals surface area contributed by atoms with E-state index < -0.39 is 11.2 Å². The van der Waals surface area contributed by atoms with Crippen LogP contribution >= 0.6 is 0 Å². The average molecular weight is 328 g/mol. The van der Waals surface area contributed by atoms with Crippen molar-refractivity contribution in [1.29, 1.82) is 0 Å². The van der Waals surface area contributed by atoms with E-state index in [0.717, 1.165) is 0 Å². The Morgan fingerprint density at radius 3 is 2.79 bits per heavy atom. The largest absolute Gasteiger partial charge is 0.436 e. The molecule has 1 N–H and O–H groups in total. The summed E-state index contributed by atoms with van der Waals surface area (Å²) in [4.78, 5) is 34.1. The van der Waals surface area contributed by atoms with Crippen LogP contribution in [0.15, 0.2) is 50.7 Å². The average Bonchev–Trinajstić information content (AvgIpc) is 2.94. The van der Waals surface area contributed by atoms with Crippen LogP contribution in [0.3, 0.4) is 0 Å². The molecule has 3 aromatic heterocycles. The van der Waals surface area contributed by atoms with Gasteiger partial charge in [-0.1, -0.05) is 12.7 Å². The molecule has 0 unspecified atom stereocenters. The van der Waals surface area contributed by atoms with E-state index in [2.05, 4.69) is 21.5 Å². The fourth-order valence-corrected chi connectivity index (χ4v) is 2.17. The molecule has 0 aliphatic heterocycles. The smallest absolute Gasteiger partial charge is 0.329 e. The third kappa shape index (κ3) is 2.58. The molecule has 0 amide bonds. The van der Waals surface area contributed by atoms with Crippen molar-refractivity contribution in [2.75, 3.05) is 0 Å². The number of aromatic nitrogens is 4. The number of H-pyrrole nitrogens is 1. The minimum Gasteiger partial charge on any atom is -0.436 e.